The Hall–Kier alpha value is -1.89. The molecule has 0 saturated carbocycles. The first-order valence-electron chi connectivity index (χ1n) is 5.42. The predicted octanol–water partition coefficient (Wildman–Crippen LogP) is 4.72. The molecule has 0 unspecified atom stereocenters. The lowest BCUT2D eigenvalue weighted by atomic mass is 10.3. The lowest BCUT2D eigenvalue weighted by Crippen LogP contribution is -2.16. The summed E-state index contributed by atoms with van der Waals surface area (Å²) in [5.74, 6) is 0.579. The topological polar surface area (TPSA) is 44.5 Å². The van der Waals surface area contributed by atoms with Crippen molar-refractivity contribution in [3.05, 3.63) is 46.9 Å². The molecule has 0 atom stereocenters. The zero-order chi connectivity index (χ0) is 14.8. The molecular weight excluding hydrogens is 339 g/mol. The van der Waals surface area contributed by atoms with Crippen molar-refractivity contribution in [3.63, 3.8) is 0 Å². The second kappa shape index (κ2) is 5.62. The first kappa shape index (κ1) is 14.5. The van der Waals surface area contributed by atoms with Crippen molar-refractivity contribution in [1.29, 1.82) is 0 Å². The van der Waals surface area contributed by atoms with Gasteiger partial charge in [0.15, 0.2) is 0 Å². The Labute approximate surface area is 121 Å². The number of hydrogen-bond acceptors (Lipinski definition) is 3. The molecule has 7 heteroatoms. The summed E-state index contributed by atoms with van der Waals surface area (Å²) in [6.45, 7) is 0. The van der Waals surface area contributed by atoms with E-state index in [2.05, 4.69) is 20.7 Å². The highest BCUT2D eigenvalue weighted by atomic mass is 79.9. The van der Waals surface area contributed by atoms with Crippen molar-refractivity contribution in [2.75, 3.05) is 5.73 Å². The molecule has 0 fully saturated rings. The smallest absolute Gasteiger partial charge is 0.456 e. The maximum Gasteiger partial charge on any atom is 0.573 e. The van der Waals surface area contributed by atoms with Crippen LogP contribution < -0.4 is 15.2 Å². The molecule has 0 amide bonds. The molecule has 0 saturated heterocycles. The number of ether oxygens (including phenoxy) is 2. The van der Waals surface area contributed by atoms with Crippen molar-refractivity contribution in [3.8, 4) is 17.2 Å². The maximum absolute atomic E-state index is 12.0. The van der Waals surface area contributed by atoms with Crippen LogP contribution in [-0.2, 0) is 0 Å². The largest absolute Gasteiger partial charge is 0.573 e. The van der Waals surface area contributed by atoms with E-state index in [1.807, 2.05) is 0 Å². The Morgan fingerprint density at radius 3 is 2.10 bits per heavy atom. The highest BCUT2D eigenvalue weighted by Crippen LogP contribution is 2.32. The van der Waals surface area contributed by atoms with Gasteiger partial charge in [-0.2, -0.15) is 0 Å². The van der Waals surface area contributed by atoms with Crippen LogP contribution >= 0.6 is 15.9 Å². The molecule has 0 bridgehead atoms. The van der Waals surface area contributed by atoms with E-state index in [4.69, 9.17) is 10.5 Å². The summed E-state index contributed by atoms with van der Waals surface area (Å²) >= 11 is 3.28. The van der Waals surface area contributed by atoms with E-state index >= 15 is 0 Å². The number of nitrogens with two attached hydrogens (primary N) is 1. The van der Waals surface area contributed by atoms with E-state index in [0.717, 1.165) is 0 Å². The predicted molar refractivity (Wildman–Crippen MR) is 71.8 cm³/mol. The van der Waals surface area contributed by atoms with Gasteiger partial charge in [-0.1, -0.05) is 0 Å². The van der Waals surface area contributed by atoms with Gasteiger partial charge in [0.05, 0.1) is 4.47 Å². The van der Waals surface area contributed by atoms with Crippen LogP contribution in [0.4, 0.5) is 18.9 Å². The number of nitrogen functional groups attached to an aromatic ring is 1. The molecule has 0 heterocycles. The average Bonchev–Trinajstić information content (AvgIpc) is 2.33. The minimum Gasteiger partial charge on any atom is -0.456 e. The number of alkyl halides is 3. The Morgan fingerprint density at radius 2 is 1.55 bits per heavy atom. The van der Waals surface area contributed by atoms with Gasteiger partial charge in [-0.3, -0.25) is 0 Å². The number of hydrogen-bond donors (Lipinski definition) is 1. The standard InChI is InChI=1S/C13H9BrF3NO2/c14-11-7-8(18)1-6-12(11)19-9-2-4-10(5-3-9)20-13(15,16)17/h1-7H,18H2. The molecule has 0 aliphatic rings. The van der Waals surface area contributed by atoms with Crippen molar-refractivity contribution in [1.82, 2.24) is 0 Å². The lowest BCUT2D eigenvalue weighted by molar-refractivity contribution is -0.274. The molecule has 106 valence electrons. The fraction of sp³-hybridized carbons (Fsp3) is 0.0769. The van der Waals surface area contributed by atoms with Crippen LogP contribution in [0.2, 0.25) is 0 Å². The van der Waals surface area contributed by atoms with Gasteiger partial charge >= 0.3 is 6.36 Å². The number of anilines is 1. The van der Waals surface area contributed by atoms with Gasteiger partial charge in [-0.15, -0.1) is 13.2 Å². The van der Waals surface area contributed by atoms with Crippen LogP contribution in [-0.4, -0.2) is 6.36 Å². The molecule has 2 N–H and O–H groups in total. The summed E-state index contributed by atoms with van der Waals surface area (Å²) in [7, 11) is 0. The second-order valence-corrected chi connectivity index (χ2v) is 4.67. The van der Waals surface area contributed by atoms with Gasteiger partial charge < -0.3 is 15.2 Å². The molecule has 2 aromatic carbocycles. The Balaban J connectivity index is 2.11. The number of rotatable bonds is 3. The third-order valence-electron chi connectivity index (χ3n) is 2.24. The van der Waals surface area contributed by atoms with Crippen molar-refractivity contribution >= 4 is 21.6 Å². The fourth-order valence-electron chi connectivity index (χ4n) is 1.44. The van der Waals surface area contributed by atoms with Gasteiger partial charge in [0.25, 0.3) is 0 Å². The summed E-state index contributed by atoms with van der Waals surface area (Å²) < 4.78 is 45.9. The summed E-state index contributed by atoms with van der Waals surface area (Å²) in [5.41, 5.74) is 6.16. The van der Waals surface area contributed by atoms with Crippen molar-refractivity contribution < 1.29 is 22.6 Å². The number of benzene rings is 2. The first-order valence-corrected chi connectivity index (χ1v) is 6.21. The summed E-state index contributed by atoms with van der Waals surface area (Å²) in [4.78, 5) is 0. The van der Waals surface area contributed by atoms with Crippen LogP contribution in [0, 0.1) is 0 Å². The zero-order valence-corrected chi connectivity index (χ0v) is 11.5. The van der Waals surface area contributed by atoms with Crippen LogP contribution in [0.25, 0.3) is 0 Å². The minimum atomic E-state index is -4.71. The molecule has 0 radical (unpaired) electrons. The minimum absolute atomic E-state index is 0.304. The number of halogens is 4. The molecule has 3 nitrogen and oxygen atoms in total. The normalized spacial score (nSPS) is 11.2. The van der Waals surface area contributed by atoms with E-state index in [-0.39, 0.29) is 5.75 Å². The van der Waals surface area contributed by atoms with E-state index < -0.39 is 6.36 Å². The molecule has 2 aromatic rings. The van der Waals surface area contributed by atoms with E-state index in [9.17, 15) is 13.2 Å². The summed E-state index contributed by atoms with van der Waals surface area (Å²) in [5, 5.41) is 0. The monoisotopic (exact) mass is 347 g/mol. The van der Waals surface area contributed by atoms with Crippen molar-refractivity contribution in [2.45, 2.75) is 6.36 Å². The molecule has 20 heavy (non-hydrogen) atoms. The molecule has 0 aliphatic heterocycles. The zero-order valence-electron chi connectivity index (χ0n) is 9.95. The van der Waals surface area contributed by atoms with Gasteiger partial charge in [0.2, 0.25) is 0 Å². The van der Waals surface area contributed by atoms with E-state index in [1.54, 1.807) is 18.2 Å². The molecule has 2 rings (SSSR count). The Kier molecular flexibility index (Phi) is 4.08. The molecule has 0 aromatic heterocycles. The molecule has 0 spiro atoms. The van der Waals surface area contributed by atoms with Gasteiger partial charge in [0, 0.05) is 5.69 Å². The fourth-order valence-corrected chi connectivity index (χ4v) is 1.91. The van der Waals surface area contributed by atoms with Crippen LogP contribution in [0.5, 0.6) is 17.2 Å². The Morgan fingerprint density at radius 1 is 0.950 bits per heavy atom. The highest BCUT2D eigenvalue weighted by Gasteiger charge is 2.30. The van der Waals surface area contributed by atoms with E-state index in [1.165, 1.54) is 24.3 Å². The SMILES string of the molecule is Nc1ccc(Oc2ccc(OC(F)(F)F)cc2)c(Br)c1. The quantitative estimate of drug-likeness (QED) is 0.817. The third-order valence-corrected chi connectivity index (χ3v) is 2.86. The summed E-state index contributed by atoms with van der Waals surface area (Å²) in [6, 6.07) is 10.1. The van der Waals surface area contributed by atoms with Crippen LogP contribution in [0.3, 0.4) is 0 Å². The average molecular weight is 348 g/mol. The molecular formula is C13H9BrF3NO2. The maximum atomic E-state index is 12.0. The second-order valence-electron chi connectivity index (χ2n) is 3.81. The Bertz CT molecular complexity index is 600. The molecule has 0 aliphatic carbocycles. The van der Waals surface area contributed by atoms with Crippen LogP contribution in [0.1, 0.15) is 0 Å². The van der Waals surface area contributed by atoms with Gasteiger partial charge in [-0.05, 0) is 58.4 Å². The van der Waals surface area contributed by atoms with E-state index in [0.29, 0.717) is 21.7 Å². The van der Waals surface area contributed by atoms with Gasteiger partial charge in [-0.25, -0.2) is 0 Å². The first-order chi connectivity index (χ1) is 9.33. The van der Waals surface area contributed by atoms with Gasteiger partial charge in [0.1, 0.15) is 17.2 Å². The summed E-state index contributed by atoms with van der Waals surface area (Å²) in [6.07, 6.45) is -4.71. The highest BCUT2D eigenvalue weighted by molar-refractivity contribution is 9.10. The third kappa shape index (κ3) is 4.06. The lowest BCUT2D eigenvalue weighted by Gasteiger charge is -2.11. The van der Waals surface area contributed by atoms with Crippen LogP contribution in [0.15, 0.2) is 46.9 Å². The van der Waals surface area contributed by atoms with Crippen molar-refractivity contribution in [2.24, 2.45) is 0 Å².